The van der Waals surface area contributed by atoms with Crippen LogP contribution in [0, 0.1) is 0 Å². The number of aromatic nitrogens is 4. The van der Waals surface area contributed by atoms with Crippen molar-refractivity contribution < 1.29 is 9.90 Å². The number of benzene rings is 1. The number of aromatic hydroxyl groups is 1. The molecule has 0 spiro atoms. The molecule has 0 aliphatic carbocycles. The van der Waals surface area contributed by atoms with E-state index in [9.17, 15) is 9.90 Å². The summed E-state index contributed by atoms with van der Waals surface area (Å²) in [6.07, 6.45) is 1.53. The average molecular weight is 365 g/mol. The van der Waals surface area contributed by atoms with Gasteiger partial charge in [-0.25, -0.2) is 9.97 Å². The molecule has 0 saturated heterocycles. The summed E-state index contributed by atoms with van der Waals surface area (Å²) >= 11 is 7.22. The van der Waals surface area contributed by atoms with Gasteiger partial charge >= 0.3 is 0 Å². The Morgan fingerprint density at radius 1 is 1.42 bits per heavy atom. The van der Waals surface area contributed by atoms with E-state index >= 15 is 0 Å². The molecule has 5 N–H and O–H groups in total. The fourth-order valence-electron chi connectivity index (χ4n) is 1.99. The van der Waals surface area contributed by atoms with E-state index < -0.39 is 0 Å². The van der Waals surface area contributed by atoms with Gasteiger partial charge in [0.15, 0.2) is 5.65 Å². The number of aromatic amines is 1. The third kappa shape index (κ3) is 3.52. The monoisotopic (exact) mass is 364 g/mol. The topological polar surface area (TPSA) is 130 Å². The highest BCUT2D eigenvalue weighted by Gasteiger charge is 2.10. The lowest BCUT2D eigenvalue weighted by Crippen LogP contribution is -2.25. The van der Waals surface area contributed by atoms with E-state index in [0.29, 0.717) is 34.1 Å². The summed E-state index contributed by atoms with van der Waals surface area (Å²) in [4.78, 5) is 27.2. The molecule has 0 atom stereocenters. The number of phenols is 1. The number of rotatable bonds is 5. The maximum atomic E-state index is 12.0. The minimum Gasteiger partial charge on any atom is -0.506 e. The number of nitrogens with zero attached hydrogens (tertiary/aromatic N) is 3. The first-order chi connectivity index (χ1) is 11.5. The van der Waals surface area contributed by atoms with Crippen molar-refractivity contribution in [2.75, 3.05) is 18.0 Å². The first-order valence-corrected chi connectivity index (χ1v) is 8.27. The number of thioether (sulfide) groups is 1. The summed E-state index contributed by atoms with van der Waals surface area (Å²) in [5.74, 6) is 0.405. The van der Waals surface area contributed by atoms with Gasteiger partial charge in [0, 0.05) is 17.9 Å². The van der Waals surface area contributed by atoms with Gasteiger partial charge in [-0.05, 0) is 18.2 Å². The van der Waals surface area contributed by atoms with Gasteiger partial charge in [0.2, 0.25) is 5.95 Å². The van der Waals surface area contributed by atoms with Crippen LogP contribution in [-0.4, -0.2) is 43.2 Å². The molecule has 0 aliphatic rings. The molecule has 10 heteroatoms. The van der Waals surface area contributed by atoms with Gasteiger partial charge in [0.1, 0.15) is 16.3 Å². The standard InChI is InChI=1S/C14H13ClN6O2S/c15-8-5-7(1-2-9(8)22)12(23)17-3-4-24-13-10-11(19-6-18-10)20-14(16)21-13/h1-2,5-6,22H,3-4H2,(H,17,23)(H3,16,18,19,20,21). The number of anilines is 1. The number of carbonyl (C=O) groups excluding carboxylic acids is 1. The molecule has 0 fully saturated rings. The Bertz CT molecular complexity index is 900. The molecule has 1 amide bonds. The third-order valence-corrected chi connectivity index (χ3v) is 4.39. The number of nitrogens with one attached hydrogen (secondary N) is 2. The molecule has 1 aromatic carbocycles. The van der Waals surface area contributed by atoms with E-state index in [1.54, 1.807) is 0 Å². The van der Waals surface area contributed by atoms with Gasteiger partial charge in [0.05, 0.1) is 11.3 Å². The zero-order valence-electron chi connectivity index (χ0n) is 12.3. The second-order valence-electron chi connectivity index (χ2n) is 4.76. The zero-order chi connectivity index (χ0) is 17.1. The minimum absolute atomic E-state index is 0.0614. The molecule has 2 aromatic heterocycles. The summed E-state index contributed by atoms with van der Waals surface area (Å²) in [5, 5.41) is 12.9. The van der Waals surface area contributed by atoms with Crippen LogP contribution in [0.25, 0.3) is 11.2 Å². The van der Waals surface area contributed by atoms with Crippen molar-refractivity contribution in [3.8, 4) is 5.75 Å². The number of fused-ring (bicyclic) bond motifs is 1. The number of hydrogen-bond acceptors (Lipinski definition) is 7. The minimum atomic E-state index is -0.272. The van der Waals surface area contributed by atoms with E-state index in [4.69, 9.17) is 17.3 Å². The highest BCUT2D eigenvalue weighted by molar-refractivity contribution is 7.99. The number of amides is 1. The lowest BCUT2D eigenvalue weighted by molar-refractivity contribution is 0.0956. The van der Waals surface area contributed by atoms with E-state index in [0.717, 1.165) is 0 Å². The summed E-state index contributed by atoms with van der Waals surface area (Å²) in [6.45, 7) is 0.418. The van der Waals surface area contributed by atoms with Crippen molar-refractivity contribution in [3.63, 3.8) is 0 Å². The molecule has 2 heterocycles. The number of nitrogen functional groups attached to an aromatic ring is 1. The molecular weight excluding hydrogens is 352 g/mol. The van der Waals surface area contributed by atoms with Gasteiger partial charge < -0.3 is 21.1 Å². The Morgan fingerprint density at radius 3 is 3.04 bits per heavy atom. The Labute approximate surface area is 145 Å². The third-order valence-electron chi connectivity index (χ3n) is 3.11. The molecule has 8 nitrogen and oxygen atoms in total. The van der Waals surface area contributed by atoms with E-state index in [1.165, 1.54) is 36.3 Å². The highest BCUT2D eigenvalue weighted by atomic mass is 35.5. The molecule has 0 unspecified atom stereocenters. The quantitative estimate of drug-likeness (QED) is 0.308. The molecule has 124 valence electrons. The van der Waals surface area contributed by atoms with Crippen molar-refractivity contribution >= 4 is 46.4 Å². The predicted molar refractivity (Wildman–Crippen MR) is 92.3 cm³/mol. The second kappa shape index (κ2) is 6.93. The number of phenolic OH excluding ortho intramolecular Hbond substituents is 1. The van der Waals surface area contributed by atoms with Crippen LogP contribution in [0.1, 0.15) is 10.4 Å². The molecule has 3 rings (SSSR count). The van der Waals surface area contributed by atoms with Crippen molar-refractivity contribution in [1.29, 1.82) is 0 Å². The van der Waals surface area contributed by atoms with E-state index in [2.05, 4.69) is 25.3 Å². The fourth-order valence-corrected chi connectivity index (χ4v) is 3.02. The molecule has 0 bridgehead atoms. The summed E-state index contributed by atoms with van der Waals surface area (Å²) in [5.41, 5.74) is 7.25. The maximum absolute atomic E-state index is 12.0. The van der Waals surface area contributed by atoms with Gasteiger partial charge in [-0.1, -0.05) is 11.6 Å². The summed E-state index contributed by atoms with van der Waals surface area (Å²) in [7, 11) is 0. The molecule has 0 aliphatic heterocycles. The number of H-pyrrole nitrogens is 1. The second-order valence-corrected chi connectivity index (χ2v) is 6.25. The van der Waals surface area contributed by atoms with Crippen molar-refractivity contribution in [2.24, 2.45) is 0 Å². The van der Waals surface area contributed by atoms with Crippen LogP contribution in [0.5, 0.6) is 5.75 Å². The number of halogens is 1. The number of imidazole rings is 1. The van der Waals surface area contributed by atoms with Gasteiger partial charge in [-0.2, -0.15) is 4.98 Å². The average Bonchev–Trinajstić information content (AvgIpc) is 3.02. The van der Waals surface area contributed by atoms with E-state index in [1.807, 2.05) is 0 Å². The number of hydrogen-bond donors (Lipinski definition) is 4. The maximum Gasteiger partial charge on any atom is 0.251 e. The Kier molecular flexibility index (Phi) is 4.72. The van der Waals surface area contributed by atoms with Crippen LogP contribution in [0.2, 0.25) is 5.02 Å². The predicted octanol–water partition coefficient (Wildman–Crippen LogP) is 1.82. The summed E-state index contributed by atoms with van der Waals surface area (Å²) in [6, 6.07) is 4.30. The van der Waals surface area contributed by atoms with Gasteiger partial charge in [-0.15, -0.1) is 11.8 Å². The lowest BCUT2D eigenvalue weighted by atomic mass is 10.2. The van der Waals surface area contributed by atoms with Gasteiger partial charge in [0.25, 0.3) is 5.91 Å². The molecule has 3 aromatic rings. The van der Waals surface area contributed by atoms with Crippen LogP contribution >= 0.6 is 23.4 Å². The number of nitrogens with two attached hydrogens (primary N) is 1. The first-order valence-electron chi connectivity index (χ1n) is 6.90. The van der Waals surface area contributed by atoms with Gasteiger partial charge in [-0.3, -0.25) is 4.79 Å². The molecule has 0 saturated carbocycles. The Hall–Kier alpha value is -2.52. The van der Waals surface area contributed by atoms with Crippen LogP contribution in [0.15, 0.2) is 29.6 Å². The molecule has 24 heavy (non-hydrogen) atoms. The van der Waals surface area contributed by atoms with Crippen LogP contribution in [0.4, 0.5) is 5.95 Å². The Morgan fingerprint density at radius 2 is 2.25 bits per heavy atom. The molecular formula is C14H13ClN6O2S. The first kappa shape index (κ1) is 16.3. The van der Waals surface area contributed by atoms with Crippen LogP contribution < -0.4 is 11.1 Å². The highest BCUT2D eigenvalue weighted by Crippen LogP contribution is 2.24. The Balaban J connectivity index is 1.57. The van der Waals surface area contributed by atoms with E-state index in [-0.39, 0.29) is 22.6 Å². The van der Waals surface area contributed by atoms with Crippen LogP contribution in [-0.2, 0) is 0 Å². The normalized spacial score (nSPS) is 10.9. The lowest BCUT2D eigenvalue weighted by Gasteiger charge is -2.06. The van der Waals surface area contributed by atoms with Crippen LogP contribution in [0.3, 0.4) is 0 Å². The molecule has 0 radical (unpaired) electrons. The van der Waals surface area contributed by atoms with Crippen molar-refractivity contribution in [1.82, 2.24) is 25.3 Å². The largest absolute Gasteiger partial charge is 0.506 e. The smallest absolute Gasteiger partial charge is 0.251 e. The fraction of sp³-hybridized carbons (Fsp3) is 0.143. The zero-order valence-corrected chi connectivity index (χ0v) is 13.9. The SMILES string of the molecule is Nc1nc(SCCNC(=O)c2ccc(O)c(Cl)c2)c2[nH]cnc2n1. The summed E-state index contributed by atoms with van der Waals surface area (Å²) < 4.78 is 0. The van der Waals surface area contributed by atoms with Crippen molar-refractivity contribution in [3.05, 3.63) is 35.1 Å². The van der Waals surface area contributed by atoms with Crippen molar-refractivity contribution in [2.45, 2.75) is 5.03 Å². The number of carbonyl (C=O) groups is 1.